The molecule has 0 fully saturated rings. The highest BCUT2D eigenvalue weighted by atomic mass is 16.5. The monoisotopic (exact) mass is 341 g/mol. The van der Waals surface area contributed by atoms with Crippen molar-refractivity contribution < 1.29 is 14.3 Å². The van der Waals surface area contributed by atoms with Crippen LogP contribution in [0.1, 0.15) is 34.5 Å². The zero-order chi connectivity index (χ0) is 18.0. The summed E-state index contributed by atoms with van der Waals surface area (Å²) in [6, 6.07) is 6.13. The molecule has 1 aliphatic carbocycles. The van der Waals surface area contributed by atoms with E-state index in [0.717, 1.165) is 29.8 Å². The maximum atomic E-state index is 12.0. The Bertz CT molecular complexity index is 824. The van der Waals surface area contributed by atoms with Gasteiger partial charge in [-0.1, -0.05) is 18.2 Å². The van der Waals surface area contributed by atoms with Crippen LogP contribution in [0.5, 0.6) is 0 Å². The quantitative estimate of drug-likeness (QED) is 0.847. The minimum absolute atomic E-state index is 0.186. The fourth-order valence-electron chi connectivity index (χ4n) is 3.23. The van der Waals surface area contributed by atoms with Gasteiger partial charge < -0.3 is 10.1 Å². The SMILES string of the molecule is Cc1nn(C)c(C)c1NC(=O)COC(=O)Cc1ccc2c(c1)CCC2. The molecular weight excluding hydrogens is 318 g/mol. The highest BCUT2D eigenvalue weighted by Crippen LogP contribution is 2.23. The first-order chi connectivity index (χ1) is 11.9. The largest absolute Gasteiger partial charge is 0.455 e. The predicted octanol–water partition coefficient (Wildman–Crippen LogP) is 2.25. The van der Waals surface area contributed by atoms with Crippen molar-refractivity contribution >= 4 is 17.6 Å². The molecule has 25 heavy (non-hydrogen) atoms. The molecule has 0 bridgehead atoms. The molecule has 0 unspecified atom stereocenters. The molecule has 1 amide bonds. The number of ether oxygens (including phenoxy) is 1. The van der Waals surface area contributed by atoms with Gasteiger partial charge in [-0.05, 0) is 49.8 Å². The first kappa shape index (κ1) is 17.2. The molecule has 0 atom stereocenters. The van der Waals surface area contributed by atoms with Gasteiger partial charge >= 0.3 is 5.97 Å². The number of nitrogens with zero attached hydrogens (tertiary/aromatic N) is 2. The first-order valence-corrected chi connectivity index (χ1v) is 8.50. The third-order valence-electron chi connectivity index (χ3n) is 4.65. The van der Waals surface area contributed by atoms with Crippen LogP contribution in [0.25, 0.3) is 0 Å². The van der Waals surface area contributed by atoms with E-state index in [-0.39, 0.29) is 18.9 Å². The number of hydrogen-bond acceptors (Lipinski definition) is 4. The van der Waals surface area contributed by atoms with Crippen LogP contribution in [0.2, 0.25) is 0 Å². The lowest BCUT2D eigenvalue weighted by Gasteiger charge is -2.08. The number of anilines is 1. The van der Waals surface area contributed by atoms with Crippen molar-refractivity contribution in [2.24, 2.45) is 7.05 Å². The Balaban J connectivity index is 1.51. The highest BCUT2D eigenvalue weighted by molar-refractivity contribution is 5.93. The van der Waals surface area contributed by atoms with Crippen molar-refractivity contribution in [1.82, 2.24) is 9.78 Å². The minimum Gasteiger partial charge on any atom is -0.455 e. The zero-order valence-electron chi connectivity index (χ0n) is 14.9. The molecule has 6 heteroatoms. The molecule has 1 aromatic carbocycles. The summed E-state index contributed by atoms with van der Waals surface area (Å²) in [7, 11) is 1.81. The normalized spacial score (nSPS) is 12.8. The number of fused-ring (bicyclic) bond motifs is 1. The van der Waals surface area contributed by atoms with E-state index in [1.165, 1.54) is 17.5 Å². The number of amides is 1. The number of benzene rings is 1. The van der Waals surface area contributed by atoms with Crippen LogP contribution in [0.4, 0.5) is 5.69 Å². The molecule has 6 nitrogen and oxygen atoms in total. The average Bonchev–Trinajstić information content (AvgIpc) is 3.12. The van der Waals surface area contributed by atoms with Crippen molar-refractivity contribution in [1.29, 1.82) is 0 Å². The van der Waals surface area contributed by atoms with Crippen molar-refractivity contribution in [3.63, 3.8) is 0 Å². The van der Waals surface area contributed by atoms with Gasteiger partial charge in [-0.15, -0.1) is 0 Å². The van der Waals surface area contributed by atoms with Gasteiger partial charge in [-0.2, -0.15) is 5.10 Å². The van der Waals surface area contributed by atoms with Crippen LogP contribution in [0, 0.1) is 13.8 Å². The van der Waals surface area contributed by atoms with Gasteiger partial charge in [0.25, 0.3) is 5.91 Å². The Morgan fingerprint density at radius 3 is 2.72 bits per heavy atom. The Morgan fingerprint density at radius 2 is 2.00 bits per heavy atom. The zero-order valence-corrected chi connectivity index (χ0v) is 14.9. The fourth-order valence-corrected chi connectivity index (χ4v) is 3.23. The summed E-state index contributed by atoms with van der Waals surface area (Å²) in [6.07, 6.45) is 3.56. The Labute approximate surface area is 147 Å². The van der Waals surface area contributed by atoms with E-state index < -0.39 is 5.97 Å². The van der Waals surface area contributed by atoms with Crippen LogP contribution in [0.15, 0.2) is 18.2 Å². The summed E-state index contributed by atoms with van der Waals surface area (Å²) < 4.78 is 6.81. The van der Waals surface area contributed by atoms with Gasteiger partial charge in [0.2, 0.25) is 0 Å². The number of carbonyl (C=O) groups excluding carboxylic acids is 2. The van der Waals surface area contributed by atoms with E-state index in [9.17, 15) is 9.59 Å². The van der Waals surface area contributed by atoms with Crippen molar-refractivity contribution in [3.8, 4) is 0 Å². The molecule has 0 spiro atoms. The lowest BCUT2D eigenvalue weighted by molar-refractivity contribution is -0.146. The number of esters is 1. The third kappa shape index (κ3) is 3.90. The van der Waals surface area contributed by atoms with Gasteiger partial charge in [-0.3, -0.25) is 14.3 Å². The number of aryl methyl sites for hydroxylation is 4. The van der Waals surface area contributed by atoms with Gasteiger partial charge in [0.05, 0.1) is 23.5 Å². The van der Waals surface area contributed by atoms with Crippen LogP contribution < -0.4 is 5.32 Å². The van der Waals surface area contributed by atoms with Crippen LogP contribution in [-0.2, 0) is 40.6 Å². The summed E-state index contributed by atoms with van der Waals surface area (Å²) >= 11 is 0. The van der Waals surface area contributed by atoms with Crippen molar-refractivity contribution in [3.05, 3.63) is 46.3 Å². The fraction of sp³-hybridized carbons (Fsp3) is 0.421. The molecule has 2 aromatic rings. The first-order valence-electron chi connectivity index (χ1n) is 8.50. The molecule has 3 rings (SSSR count). The summed E-state index contributed by atoms with van der Waals surface area (Å²) in [5.41, 5.74) is 5.89. The maximum Gasteiger partial charge on any atom is 0.310 e. The Morgan fingerprint density at radius 1 is 1.24 bits per heavy atom. The summed E-state index contributed by atoms with van der Waals surface area (Å²) in [6.45, 7) is 3.40. The van der Waals surface area contributed by atoms with E-state index in [1.54, 1.807) is 4.68 Å². The summed E-state index contributed by atoms with van der Waals surface area (Å²) in [5.74, 6) is -0.755. The van der Waals surface area contributed by atoms with Gasteiger partial charge in [-0.25, -0.2) is 0 Å². The minimum atomic E-state index is -0.396. The molecule has 0 saturated carbocycles. The molecule has 0 radical (unpaired) electrons. The second-order valence-electron chi connectivity index (χ2n) is 6.51. The lowest BCUT2D eigenvalue weighted by atomic mass is 10.0. The number of hydrogen-bond donors (Lipinski definition) is 1. The van der Waals surface area contributed by atoms with Crippen LogP contribution in [-0.4, -0.2) is 28.3 Å². The van der Waals surface area contributed by atoms with Gasteiger partial charge in [0, 0.05) is 7.05 Å². The van der Waals surface area contributed by atoms with E-state index in [0.29, 0.717) is 5.69 Å². The van der Waals surface area contributed by atoms with E-state index in [4.69, 9.17) is 4.74 Å². The van der Waals surface area contributed by atoms with Gasteiger partial charge in [0.15, 0.2) is 6.61 Å². The van der Waals surface area contributed by atoms with Crippen LogP contribution in [0.3, 0.4) is 0 Å². The lowest BCUT2D eigenvalue weighted by Crippen LogP contribution is -2.22. The standard InChI is InChI=1S/C19H23N3O3/c1-12-19(13(2)22(3)21-12)20-17(23)11-25-18(24)10-14-7-8-15-5-4-6-16(15)9-14/h7-9H,4-6,10-11H2,1-3H3,(H,20,23). The molecule has 0 aliphatic heterocycles. The van der Waals surface area contributed by atoms with E-state index >= 15 is 0 Å². The molecule has 1 aromatic heterocycles. The Kier molecular flexibility index (Phi) is 4.88. The molecular formula is C19H23N3O3. The third-order valence-corrected chi connectivity index (χ3v) is 4.65. The molecule has 132 valence electrons. The topological polar surface area (TPSA) is 73.2 Å². The molecule has 1 aliphatic rings. The Hall–Kier alpha value is -2.63. The second-order valence-corrected chi connectivity index (χ2v) is 6.51. The molecule has 0 saturated heterocycles. The van der Waals surface area contributed by atoms with Crippen molar-refractivity contribution in [2.45, 2.75) is 39.5 Å². The van der Waals surface area contributed by atoms with Crippen LogP contribution >= 0.6 is 0 Å². The van der Waals surface area contributed by atoms with E-state index in [1.807, 2.05) is 27.0 Å². The summed E-state index contributed by atoms with van der Waals surface area (Å²) in [4.78, 5) is 24.0. The highest BCUT2D eigenvalue weighted by Gasteiger charge is 2.15. The molecule has 1 heterocycles. The number of carbonyl (C=O) groups is 2. The maximum absolute atomic E-state index is 12.0. The predicted molar refractivity (Wildman–Crippen MR) is 94.4 cm³/mol. The van der Waals surface area contributed by atoms with Crippen molar-refractivity contribution in [2.75, 3.05) is 11.9 Å². The number of rotatable bonds is 5. The smallest absolute Gasteiger partial charge is 0.310 e. The number of nitrogens with one attached hydrogen (secondary N) is 1. The molecule has 1 N–H and O–H groups in total. The summed E-state index contributed by atoms with van der Waals surface area (Å²) in [5, 5.41) is 6.99. The van der Waals surface area contributed by atoms with E-state index in [2.05, 4.69) is 22.5 Å². The second kappa shape index (κ2) is 7.09. The van der Waals surface area contributed by atoms with Gasteiger partial charge in [0.1, 0.15) is 0 Å². The average molecular weight is 341 g/mol. The number of aromatic nitrogens is 2.